The van der Waals surface area contributed by atoms with E-state index in [1.165, 1.54) is 23.3 Å². The number of aromatic nitrogens is 2. The lowest BCUT2D eigenvalue weighted by Gasteiger charge is -2.50. The molecule has 16 nitrogen and oxygen atoms in total. The van der Waals surface area contributed by atoms with Crippen LogP contribution in [0.5, 0.6) is 11.5 Å². The molecule has 4 aliphatic heterocycles. The fourth-order valence-corrected chi connectivity index (χ4v) is 10.6. The zero-order valence-electron chi connectivity index (χ0n) is 37.1. The average molecular weight is 906 g/mol. The first-order valence-electron chi connectivity index (χ1n) is 22.6. The van der Waals surface area contributed by atoms with Gasteiger partial charge in [0, 0.05) is 96.0 Å². The van der Waals surface area contributed by atoms with Gasteiger partial charge in [-0.25, -0.2) is 18.1 Å². The fourth-order valence-electron chi connectivity index (χ4n) is 9.63. The van der Waals surface area contributed by atoms with Crippen LogP contribution in [0.2, 0.25) is 0 Å². The number of aromatic amines is 1. The molecule has 2 unspecified atom stereocenters. The van der Waals surface area contributed by atoms with E-state index >= 15 is 0 Å². The van der Waals surface area contributed by atoms with Crippen molar-refractivity contribution in [1.29, 1.82) is 0 Å². The first-order valence-corrected chi connectivity index (χ1v) is 24.1. The first-order chi connectivity index (χ1) is 31.5. The van der Waals surface area contributed by atoms with Gasteiger partial charge in [-0.2, -0.15) is 0 Å². The van der Waals surface area contributed by atoms with Gasteiger partial charge in [0.2, 0.25) is 5.91 Å². The molecule has 5 aromatic rings. The maximum absolute atomic E-state index is 14.1. The number of benzene rings is 3. The molecule has 17 heteroatoms. The molecule has 0 spiro atoms. The van der Waals surface area contributed by atoms with Crippen LogP contribution in [0.4, 0.5) is 17.1 Å². The van der Waals surface area contributed by atoms with Crippen molar-refractivity contribution in [3.8, 4) is 11.5 Å². The molecule has 0 bridgehead atoms. The van der Waals surface area contributed by atoms with Crippen molar-refractivity contribution in [3.63, 3.8) is 0 Å². The van der Waals surface area contributed by atoms with Crippen LogP contribution in [0, 0.1) is 11.8 Å². The van der Waals surface area contributed by atoms with Crippen molar-refractivity contribution < 1.29 is 32.2 Å². The van der Waals surface area contributed by atoms with E-state index in [2.05, 4.69) is 76.5 Å². The maximum Gasteiger partial charge on any atom is 0.268 e. The lowest BCUT2D eigenvalue weighted by Crippen LogP contribution is -2.62. The third kappa shape index (κ3) is 10.1. The summed E-state index contributed by atoms with van der Waals surface area (Å²) in [5.41, 5.74) is 4.97. The molecule has 5 N–H and O–H groups in total. The number of fused-ring (bicyclic) bond motifs is 2. The number of nitrogens with one attached hydrogen (secondary N) is 5. The van der Waals surface area contributed by atoms with E-state index in [0.29, 0.717) is 49.2 Å². The van der Waals surface area contributed by atoms with Gasteiger partial charge in [0.15, 0.2) is 0 Å². The number of pyridine rings is 1. The number of carbonyl (C=O) groups excluding carboxylic acids is 2. The predicted molar refractivity (Wildman–Crippen MR) is 250 cm³/mol. The fraction of sp³-hybridized carbons (Fsp3) is 0.438. The average Bonchev–Trinajstić information content (AvgIpc) is 4.04. The first kappa shape index (κ1) is 44.5. The SMILES string of the molecule is COCNc1cc(S(=O)(=O)NC(=O)c2ccc(N3CCN(CC4(C)Cc5ccccc5CN4C(=O)C4CCNC4)CC3)cc2Oc2cnc3[nH]ccc3c2)ccc1NCC1CCOCC1. The zero-order valence-corrected chi connectivity index (χ0v) is 37.9. The minimum Gasteiger partial charge on any atom is -0.455 e. The van der Waals surface area contributed by atoms with Crippen LogP contribution in [-0.2, 0) is 37.3 Å². The number of rotatable bonds is 15. The summed E-state index contributed by atoms with van der Waals surface area (Å²) in [4.78, 5) is 42.4. The second-order valence-corrected chi connectivity index (χ2v) is 19.6. The van der Waals surface area contributed by atoms with Crippen LogP contribution in [0.1, 0.15) is 47.7 Å². The standard InChI is InChI=1S/C48H59N9O7S/c1-48(26-35-5-3-4-6-37(35)30-57(48)47(59)36-11-15-49-28-36)31-55-17-19-56(20-18-55)38-7-9-41(44(24-38)64-39-23-34-12-16-50-45(34)52-29-39)46(58)54-65(60,61)40-8-10-42(43(25-40)53-32-62-2)51-27-33-13-21-63-22-14-33/h3-10,12,16,23-25,29,33,36,49,51,53H,11,13-15,17-22,26-28,30-32H2,1-2H3,(H,50,52)(H,54,58). The molecule has 3 saturated heterocycles. The second-order valence-electron chi connectivity index (χ2n) is 17.9. The van der Waals surface area contributed by atoms with E-state index in [1.54, 1.807) is 37.7 Å². The lowest BCUT2D eigenvalue weighted by molar-refractivity contribution is -0.143. The summed E-state index contributed by atoms with van der Waals surface area (Å²) in [6.45, 7) is 10.4. The number of nitrogens with zero attached hydrogens (tertiary/aromatic N) is 4. The number of hydrogen-bond acceptors (Lipinski definition) is 13. The van der Waals surface area contributed by atoms with Crippen LogP contribution in [0.25, 0.3) is 11.0 Å². The highest BCUT2D eigenvalue weighted by Crippen LogP contribution is 2.36. The summed E-state index contributed by atoms with van der Waals surface area (Å²) in [6.07, 6.45) is 6.91. The lowest BCUT2D eigenvalue weighted by atomic mass is 9.82. The van der Waals surface area contributed by atoms with E-state index in [-0.39, 0.29) is 40.3 Å². The Morgan fingerprint density at radius 3 is 2.54 bits per heavy atom. The van der Waals surface area contributed by atoms with Gasteiger partial charge in [0.25, 0.3) is 15.9 Å². The molecule has 6 heterocycles. The molecule has 65 heavy (non-hydrogen) atoms. The Balaban J connectivity index is 0.923. The van der Waals surface area contributed by atoms with Gasteiger partial charge >= 0.3 is 0 Å². The quantitative estimate of drug-likeness (QED) is 0.0844. The van der Waals surface area contributed by atoms with Gasteiger partial charge in [-0.05, 0) is 98.7 Å². The molecule has 3 fully saturated rings. The van der Waals surface area contributed by atoms with Crippen molar-refractivity contribution in [2.24, 2.45) is 11.8 Å². The summed E-state index contributed by atoms with van der Waals surface area (Å²) in [5, 5.41) is 10.8. The molecule has 3 aromatic carbocycles. The minimum absolute atomic E-state index is 0.00341. The number of sulfonamides is 1. The van der Waals surface area contributed by atoms with Crippen molar-refractivity contribution >= 4 is 49.9 Å². The van der Waals surface area contributed by atoms with E-state index in [4.69, 9.17) is 14.2 Å². The molecule has 0 radical (unpaired) electrons. The monoisotopic (exact) mass is 905 g/mol. The number of piperazine rings is 1. The van der Waals surface area contributed by atoms with Gasteiger partial charge in [-0.1, -0.05) is 24.3 Å². The number of carbonyl (C=O) groups is 2. The van der Waals surface area contributed by atoms with Crippen molar-refractivity contribution in [2.75, 3.05) is 94.9 Å². The van der Waals surface area contributed by atoms with Crippen LogP contribution in [-0.4, -0.2) is 125 Å². The Morgan fingerprint density at radius 2 is 1.75 bits per heavy atom. The Morgan fingerprint density at radius 1 is 0.938 bits per heavy atom. The topological polar surface area (TPSA) is 182 Å². The summed E-state index contributed by atoms with van der Waals surface area (Å²) in [7, 11) is -2.80. The Kier molecular flexibility index (Phi) is 13.3. The summed E-state index contributed by atoms with van der Waals surface area (Å²) in [6, 6.07) is 22.1. The highest BCUT2D eigenvalue weighted by atomic mass is 32.2. The normalized spacial score (nSPS) is 20.7. The molecule has 2 atom stereocenters. The Bertz CT molecular complexity index is 2600. The van der Waals surface area contributed by atoms with E-state index in [9.17, 15) is 18.0 Å². The second kappa shape index (κ2) is 19.4. The molecule has 0 aliphatic carbocycles. The van der Waals surface area contributed by atoms with Crippen LogP contribution in [0.15, 0.2) is 90.1 Å². The summed E-state index contributed by atoms with van der Waals surface area (Å²) >= 11 is 0. The maximum atomic E-state index is 14.1. The molecular formula is C48H59N9O7S. The molecule has 2 aromatic heterocycles. The Labute approximate surface area is 380 Å². The zero-order chi connectivity index (χ0) is 45.0. The highest BCUT2D eigenvalue weighted by Gasteiger charge is 2.43. The summed E-state index contributed by atoms with van der Waals surface area (Å²) < 4.78 is 47.3. The third-order valence-electron chi connectivity index (χ3n) is 13.3. The van der Waals surface area contributed by atoms with E-state index < -0.39 is 15.9 Å². The third-order valence-corrected chi connectivity index (χ3v) is 14.6. The van der Waals surface area contributed by atoms with Gasteiger partial charge in [-0.3, -0.25) is 14.5 Å². The molecular weight excluding hydrogens is 847 g/mol. The largest absolute Gasteiger partial charge is 0.455 e. The smallest absolute Gasteiger partial charge is 0.268 e. The molecule has 344 valence electrons. The molecule has 0 saturated carbocycles. The van der Waals surface area contributed by atoms with Gasteiger partial charge < -0.3 is 44.9 Å². The van der Waals surface area contributed by atoms with Gasteiger partial charge in [0.05, 0.1) is 39.5 Å². The number of ether oxygens (including phenoxy) is 3. The number of hydrogen-bond donors (Lipinski definition) is 5. The van der Waals surface area contributed by atoms with Crippen molar-refractivity contribution in [1.82, 2.24) is 29.8 Å². The van der Waals surface area contributed by atoms with Crippen LogP contribution < -0.4 is 30.3 Å². The Hall–Kier alpha value is -5.72. The highest BCUT2D eigenvalue weighted by molar-refractivity contribution is 7.90. The van der Waals surface area contributed by atoms with Crippen LogP contribution in [0.3, 0.4) is 0 Å². The van der Waals surface area contributed by atoms with Crippen LogP contribution >= 0.6 is 0 Å². The van der Waals surface area contributed by atoms with Gasteiger partial charge in [0.1, 0.15) is 23.9 Å². The predicted octanol–water partition coefficient (Wildman–Crippen LogP) is 5.40. The molecule has 2 amide bonds. The minimum atomic E-state index is -4.34. The summed E-state index contributed by atoms with van der Waals surface area (Å²) in [5.74, 6) is 0.409. The van der Waals surface area contributed by atoms with Crippen molar-refractivity contribution in [3.05, 3.63) is 102 Å². The number of methoxy groups -OCH3 is 1. The van der Waals surface area contributed by atoms with E-state index in [1.807, 2.05) is 18.2 Å². The van der Waals surface area contributed by atoms with Gasteiger partial charge in [-0.15, -0.1) is 0 Å². The number of amides is 2. The number of H-pyrrole nitrogens is 1. The molecule has 4 aliphatic rings. The van der Waals surface area contributed by atoms with E-state index in [0.717, 1.165) is 88.4 Å². The molecule has 9 rings (SSSR count). The van der Waals surface area contributed by atoms with Crippen molar-refractivity contribution in [2.45, 2.75) is 49.6 Å². The number of anilines is 3.